The first kappa shape index (κ1) is 15.9. The maximum atomic E-state index is 5.98. The van der Waals surface area contributed by atoms with Gasteiger partial charge in [-0.15, -0.1) is 11.3 Å². The second-order valence-electron chi connectivity index (χ2n) is 6.38. The molecule has 0 radical (unpaired) electrons. The fraction of sp³-hybridized carbons (Fsp3) is 0.190. The highest BCUT2D eigenvalue weighted by Crippen LogP contribution is 2.29. The molecular weight excluding hydrogens is 328 g/mol. The van der Waals surface area contributed by atoms with Gasteiger partial charge in [0.15, 0.2) is 0 Å². The predicted molar refractivity (Wildman–Crippen MR) is 104 cm³/mol. The molecule has 0 unspecified atom stereocenters. The third-order valence-electron chi connectivity index (χ3n) is 4.62. The zero-order valence-electron chi connectivity index (χ0n) is 14.6. The zero-order chi connectivity index (χ0) is 17.4. The van der Waals surface area contributed by atoms with Crippen LogP contribution in [0.3, 0.4) is 0 Å². The number of ether oxygens (including phenoxy) is 1. The van der Waals surface area contributed by atoms with Crippen LogP contribution in [-0.4, -0.2) is 9.55 Å². The van der Waals surface area contributed by atoms with Crippen molar-refractivity contribution < 1.29 is 4.74 Å². The van der Waals surface area contributed by atoms with E-state index in [1.807, 2.05) is 12.4 Å². The number of benzene rings is 2. The minimum absolute atomic E-state index is 0.589. The van der Waals surface area contributed by atoms with Crippen LogP contribution in [0.2, 0.25) is 0 Å². The van der Waals surface area contributed by atoms with Gasteiger partial charge < -0.3 is 4.74 Å². The topological polar surface area (TPSA) is 27.1 Å². The molecule has 0 bridgehead atoms. The molecule has 126 valence electrons. The molecule has 2 heterocycles. The molecule has 0 spiro atoms. The van der Waals surface area contributed by atoms with Crippen LogP contribution in [0.25, 0.3) is 16.0 Å². The molecule has 4 heteroatoms. The number of hydrogen-bond donors (Lipinski definition) is 0. The Morgan fingerprint density at radius 1 is 1.00 bits per heavy atom. The van der Waals surface area contributed by atoms with Crippen molar-refractivity contribution in [2.45, 2.75) is 27.4 Å². The van der Waals surface area contributed by atoms with Gasteiger partial charge in [-0.25, -0.2) is 4.98 Å². The van der Waals surface area contributed by atoms with Crippen LogP contribution in [0.5, 0.6) is 5.75 Å². The highest BCUT2D eigenvalue weighted by Gasteiger charge is 2.10. The van der Waals surface area contributed by atoms with Gasteiger partial charge in [0.25, 0.3) is 0 Å². The van der Waals surface area contributed by atoms with Crippen LogP contribution in [-0.2, 0) is 6.61 Å². The average Bonchev–Trinajstić information content (AvgIpc) is 3.21. The van der Waals surface area contributed by atoms with Gasteiger partial charge in [0.2, 0.25) is 0 Å². The number of hydrogen-bond acceptors (Lipinski definition) is 3. The van der Waals surface area contributed by atoms with E-state index in [1.54, 1.807) is 11.3 Å². The van der Waals surface area contributed by atoms with E-state index in [4.69, 9.17) is 4.74 Å². The fourth-order valence-corrected chi connectivity index (χ4v) is 3.70. The summed E-state index contributed by atoms with van der Waals surface area (Å²) in [5, 5.41) is 3.17. The van der Waals surface area contributed by atoms with Gasteiger partial charge in [0, 0.05) is 11.4 Å². The van der Waals surface area contributed by atoms with Gasteiger partial charge in [0.1, 0.15) is 23.7 Å². The average molecular weight is 348 g/mol. The van der Waals surface area contributed by atoms with Crippen LogP contribution in [0, 0.1) is 20.8 Å². The largest absolute Gasteiger partial charge is 0.488 e. The lowest BCUT2D eigenvalue weighted by atomic mass is 10.1. The number of rotatable bonds is 4. The van der Waals surface area contributed by atoms with Crippen molar-refractivity contribution in [3.63, 3.8) is 0 Å². The molecule has 0 atom stereocenters. The van der Waals surface area contributed by atoms with Crippen LogP contribution in [0.4, 0.5) is 0 Å². The van der Waals surface area contributed by atoms with Gasteiger partial charge in [0.05, 0.1) is 11.0 Å². The summed E-state index contributed by atoms with van der Waals surface area (Å²) in [4.78, 5) is 4.54. The van der Waals surface area contributed by atoms with E-state index in [1.165, 1.54) is 22.3 Å². The lowest BCUT2D eigenvalue weighted by molar-refractivity contribution is 0.307. The first-order valence-electron chi connectivity index (χ1n) is 8.32. The number of aryl methyl sites for hydroxylation is 3. The molecule has 0 aliphatic heterocycles. The highest BCUT2D eigenvalue weighted by atomic mass is 32.1. The van der Waals surface area contributed by atoms with Gasteiger partial charge in [-0.3, -0.25) is 4.57 Å². The van der Waals surface area contributed by atoms with E-state index < -0.39 is 0 Å². The molecule has 0 aliphatic rings. The van der Waals surface area contributed by atoms with E-state index in [2.05, 4.69) is 72.1 Å². The van der Waals surface area contributed by atoms with Gasteiger partial charge in [-0.05, 0) is 55.2 Å². The van der Waals surface area contributed by atoms with Crippen molar-refractivity contribution in [2.24, 2.45) is 0 Å². The Balaban J connectivity index is 1.59. The molecular formula is C21H20N2OS. The van der Waals surface area contributed by atoms with Crippen LogP contribution >= 0.6 is 11.3 Å². The minimum atomic E-state index is 0.589. The number of imidazole rings is 1. The smallest absolute Gasteiger partial charge is 0.132 e. The summed E-state index contributed by atoms with van der Waals surface area (Å²) in [6, 6.07) is 14.7. The van der Waals surface area contributed by atoms with Gasteiger partial charge >= 0.3 is 0 Å². The standard InChI is InChI=1S/C21H20N2OS/c1-14-6-4-5-7-17(14)11-24-18-10-21(25-12-18)23-13-22-19-8-15(2)16(3)9-20(19)23/h4-10,12-13H,11H2,1-3H3. The van der Waals surface area contributed by atoms with Crippen molar-refractivity contribution >= 4 is 22.4 Å². The Morgan fingerprint density at radius 3 is 2.64 bits per heavy atom. The third kappa shape index (κ3) is 3.05. The molecule has 0 amide bonds. The second-order valence-corrected chi connectivity index (χ2v) is 7.27. The van der Waals surface area contributed by atoms with Crippen molar-refractivity contribution in [3.8, 4) is 10.8 Å². The minimum Gasteiger partial charge on any atom is -0.488 e. The molecule has 0 saturated carbocycles. The maximum Gasteiger partial charge on any atom is 0.132 e. The van der Waals surface area contributed by atoms with Crippen molar-refractivity contribution in [2.75, 3.05) is 0 Å². The number of aromatic nitrogens is 2. The molecule has 4 aromatic rings. The van der Waals surface area contributed by atoms with Crippen molar-refractivity contribution in [1.82, 2.24) is 9.55 Å². The van der Waals surface area contributed by atoms with E-state index in [0.29, 0.717) is 6.61 Å². The molecule has 0 N–H and O–H groups in total. The monoisotopic (exact) mass is 348 g/mol. The Morgan fingerprint density at radius 2 is 1.80 bits per heavy atom. The Labute approximate surface area is 151 Å². The first-order valence-corrected chi connectivity index (χ1v) is 9.20. The lowest BCUT2D eigenvalue weighted by Gasteiger charge is -2.06. The molecule has 0 aliphatic carbocycles. The molecule has 2 aromatic carbocycles. The van der Waals surface area contributed by atoms with Gasteiger partial charge in [-0.2, -0.15) is 0 Å². The Hall–Kier alpha value is -2.59. The van der Waals surface area contributed by atoms with Gasteiger partial charge in [-0.1, -0.05) is 24.3 Å². The third-order valence-corrected chi connectivity index (χ3v) is 5.52. The summed E-state index contributed by atoms with van der Waals surface area (Å²) in [7, 11) is 0. The molecule has 4 rings (SSSR count). The first-order chi connectivity index (χ1) is 12.1. The number of nitrogens with zero attached hydrogens (tertiary/aromatic N) is 2. The summed E-state index contributed by atoms with van der Waals surface area (Å²) >= 11 is 1.67. The number of fused-ring (bicyclic) bond motifs is 1. The summed E-state index contributed by atoms with van der Waals surface area (Å²) in [6.45, 7) is 6.96. The molecule has 2 aromatic heterocycles. The molecule has 3 nitrogen and oxygen atoms in total. The quantitative estimate of drug-likeness (QED) is 0.480. The van der Waals surface area contributed by atoms with Crippen LogP contribution < -0.4 is 4.74 Å². The van der Waals surface area contributed by atoms with Crippen molar-refractivity contribution in [3.05, 3.63) is 76.4 Å². The second kappa shape index (κ2) is 6.37. The van der Waals surface area contributed by atoms with E-state index in [-0.39, 0.29) is 0 Å². The van der Waals surface area contributed by atoms with Crippen molar-refractivity contribution in [1.29, 1.82) is 0 Å². The Bertz CT molecular complexity index is 1050. The van der Waals surface area contributed by atoms with E-state index >= 15 is 0 Å². The Kier molecular flexibility index (Phi) is 4.06. The summed E-state index contributed by atoms with van der Waals surface area (Å²) < 4.78 is 8.12. The highest BCUT2D eigenvalue weighted by molar-refractivity contribution is 7.12. The van der Waals surface area contributed by atoms with E-state index in [9.17, 15) is 0 Å². The number of thiophene rings is 1. The molecule has 0 fully saturated rings. The normalized spacial score (nSPS) is 11.2. The summed E-state index contributed by atoms with van der Waals surface area (Å²) in [5.74, 6) is 0.897. The zero-order valence-corrected chi connectivity index (χ0v) is 15.4. The van der Waals surface area contributed by atoms with Crippen LogP contribution in [0.15, 0.2) is 54.2 Å². The van der Waals surface area contributed by atoms with Crippen LogP contribution in [0.1, 0.15) is 22.3 Å². The molecule has 25 heavy (non-hydrogen) atoms. The predicted octanol–water partition coefficient (Wildman–Crippen LogP) is 5.59. The summed E-state index contributed by atoms with van der Waals surface area (Å²) in [5.41, 5.74) is 7.18. The SMILES string of the molecule is Cc1cc2ncn(-c3cc(OCc4ccccc4C)cs3)c2cc1C. The maximum absolute atomic E-state index is 5.98. The fourth-order valence-electron chi connectivity index (χ4n) is 2.88. The lowest BCUT2D eigenvalue weighted by Crippen LogP contribution is -1.96. The molecule has 0 saturated heterocycles. The van der Waals surface area contributed by atoms with E-state index in [0.717, 1.165) is 21.8 Å². The summed E-state index contributed by atoms with van der Waals surface area (Å²) in [6.07, 6.45) is 1.89.